The van der Waals surface area contributed by atoms with Crippen LogP contribution >= 0.6 is 11.3 Å². The van der Waals surface area contributed by atoms with E-state index in [4.69, 9.17) is 5.11 Å². The van der Waals surface area contributed by atoms with Crippen molar-refractivity contribution in [3.8, 4) is 0 Å². The number of aliphatic carboxylic acids is 1. The molecule has 2 unspecified atom stereocenters. The van der Waals surface area contributed by atoms with E-state index in [0.29, 0.717) is 6.54 Å². The van der Waals surface area contributed by atoms with Gasteiger partial charge in [0, 0.05) is 11.6 Å². The third kappa shape index (κ3) is 2.17. The van der Waals surface area contributed by atoms with Crippen LogP contribution in [0.3, 0.4) is 0 Å². The quantitative estimate of drug-likeness (QED) is 0.843. The molecule has 1 saturated carbocycles. The molecule has 0 saturated heterocycles. The molecular formula is C11H14N2O3S. The molecule has 0 aromatic carbocycles. The molecule has 1 aliphatic carbocycles. The van der Waals surface area contributed by atoms with Crippen molar-refractivity contribution in [1.29, 1.82) is 0 Å². The van der Waals surface area contributed by atoms with Crippen LogP contribution in [0.15, 0.2) is 11.6 Å². The van der Waals surface area contributed by atoms with Gasteiger partial charge < -0.3 is 10.4 Å². The molecular weight excluding hydrogens is 240 g/mol. The van der Waals surface area contributed by atoms with Crippen LogP contribution in [0.1, 0.15) is 18.9 Å². The lowest BCUT2D eigenvalue weighted by atomic mass is 10.1. The molecule has 0 aliphatic heterocycles. The first kappa shape index (κ1) is 12.0. The fourth-order valence-electron chi connectivity index (χ4n) is 2.20. The van der Waals surface area contributed by atoms with Crippen molar-refractivity contribution < 1.29 is 14.7 Å². The Kier molecular flexibility index (Phi) is 2.91. The number of nitrogens with zero attached hydrogens (tertiary/aromatic N) is 1. The minimum atomic E-state index is -0.899. The Hall–Kier alpha value is -1.43. The summed E-state index contributed by atoms with van der Waals surface area (Å²) in [7, 11) is 0. The first-order valence-corrected chi connectivity index (χ1v) is 6.21. The lowest BCUT2D eigenvalue weighted by molar-refractivity contribution is -0.140. The summed E-state index contributed by atoms with van der Waals surface area (Å²) in [6.07, 6.45) is 1.67. The summed E-state index contributed by atoms with van der Waals surface area (Å²) in [6.45, 7) is 3.98. The molecule has 2 rings (SSSR count). The molecule has 6 heteroatoms. The van der Waals surface area contributed by atoms with E-state index >= 15 is 0 Å². The molecule has 0 spiro atoms. The highest BCUT2D eigenvalue weighted by molar-refractivity contribution is 7.09. The summed E-state index contributed by atoms with van der Waals surface area (Å²) in [6, 6.07) is 0. The van der Waals surface area contributed by atoms with E-state index in [9.17, 15) is 9.59 Å². The molecule has 1 heterocycles. The van der Waals surface area contributed by atoms with Crippen molar-refractivity contribution in [2.24, 2.45) is 17.3 Å². The Morgan fingerprint density at radius 3 is 2.71 bits per heavy atom. The Bertz CT molecular complexity index is 442. The van der Waals surface area contributed by atoms with Gasteiger partial charge in [-0.1, -0.05) is 13.8 Å². The maximum atomic E-state index is 11.8. The number of hydrogen-bond donors (Lipinski definition) is 2. The molecule has 1 aliphatic rings. The fraction of sp³-hybridized carbons (Fsp3) is 0.545. The zero-order valence-electron chi connectivity index (χ0n) is 9.64. The summed E-state index contributed by atoms with van der Waals surface area (Å²) in [5.74, 6) is -2.10. The van der Waals surface area contributed by atoms with Crippen molar-refractivity contribution >= 4 is 23.2 Å². The van der Waals surface area contributed by atoms with E-state index < -0.39 is 23.2 Å². The van der Waals surface area contributed by atoms with Gasteiger partial charge in [-0.15, -0.1) is 11.3 Å². The summed E-state index contributed by atoms with van der Waals surface area (Å²) in [5, 5.41) is 14.4. The second-order valence-electron chi connectivity index (χ2n) is 4.76. The molecule has 0 radical (unpaired) electrons. The number of carboxylic acid groups (broad SMARTS) is 1. The number of carboxylic acids is 1. The molecule has 1 aromatic rings. The Morgan fingerprint density at radius 2 is 2.24 bits per heavy atom. The molecule has 1 amide bonds. The zero-order valence-corrected chi connectivity index (χ0v) is 10.5. The van der Waals surface area contributed by atoms with Crippen LogP contribution in [0, 0.1) is 17.3 Å². The van der Waals surface area contributed by atoms with Crippen LogP contribution in [0.5, 0.6) is 0 Å². The van der Waals surface area contributed by atoms with Crippen molar-refractivity contribution in [2.45, 2.75) is 20.4 Å². The first-order chi connectivity index (χ1) is 7.94. The Balaban J connectivity index is 1.92. The smallest absolute Gasteiger partial charge is 0.307 e. The van der Waals surface area contributed by atoms with E-state index in [2.05, 4.69) is 10.3 Å². The number of amides is 1. The van der Waals surface area contributed by atoms with Crippen LogP contribution in [0.25, 0.3) is 0 Å². The highest BCUT2D eigenvalue weighted by atomic mass is 32.1. The van der Waals surface area contributed by atoms with Crippen molar-refractivity contribution in [3.05, 3.63) is 16.6 Å². The van der Waals surface area contributed by atoms with E-state index in [0.717, 1.165) is 5.01 Å². The average Bonchev–Trinajstić information content (AvgIpc) is 2.65. The highest BCUT2D eigenvalue weighted by Gasteiger charge is 2.65. The topological polar surface area (TPSA) is 79.3 Å². The van der Waals surface area contributed by atoms with Gasteiger partial charge in [0.15, 0.2) is 0 Å². The van der Waals surface area contributed by atoms with E-state index in [1.54, 1.807) is 20.0 Å². The van der Waals surface area contributed by atoms with Gasteiger partial charge in [0.2, 0.25) is 5.91 Å². The number of thiazole rings is 1. The van der Waals surface area contributed by atoms with Crippen LogP contribution in [0.2, 0.25) is 0 Å². The van der Waals surface area contributed by atoms with Gasteiger partial charge in [0.1, 0.15) is 5.01 Å². The van der Waals surface area contributed by atoms with Crippen LogP contribution < -0.4 is 5.32 Å². The molecule has 17 heavy (non-hydrogen) atoms. The predicted octanol–water partition coefficient (Wildman–Crippen LogP) is 1.12. The number of aromatic nitrogens is 1. The summed E-state index contributed by atoms with van der Waals surface area (Å²) >= 11 is 1.46. The first-order valence-electron chi connectivity index (χ1n) is 5.33. The Morgan fingerprint density at radius 1 is 1.53 bits per heavy atom. The molecule has 1 aromatic heterocycles. The van der Waals surface area contributed by atoms with E-state index in [1.165, 1.54) is 11.3 Å². The SMILES string of the molecule is CC1(C)C(C(=O)O)C1C(=O)NCc1nccs1. The summed E-state index contributed by atoms with van der Waals surface area (Å²) in [5.41, 5.74) is -0.446. The third-order valence-electron chi connectivity index (χ3n) is 3.27. The average molecular weight is 254 g/mol. The van der Waals surface area contributed by atoms with Crippen LogP contribution in [-0.4, -0.2) is 22.0 Å². The van der Waals surface area contributed by atoms with Gasteiger partial charge in [-0.2, -0.15) is 0 Å². The normalized spacial score (nSPS) is 25.3. The lowest BCUT2D eigenvalue weighted by Crippen LogP contribution is -2.26. The lowest BCUT2D eigenvalue weighted by Gasteiger charge is -2.03. The molecule has 5 nitrogen and oxygen atoms in total. The zero-order chi connectivity index (χ0) is 12.6. The number of rotatable bonds is 4. The van der Waals surface area contributed by atoms with Gasteiger partial charge in [0.25, 0.3) is 0 Å². The standard InChI is InChI=1S/C11H14N2O3S/c1-11(2)7(8(11)10(15)16)9(14)13-5-6-12-3-4-17-6/h3-4,7-8H,5H2,1-2H3,(H,13,14)(H,15,16). The van der Waals surface area contributed by atoms with Crippen LogP contribution in [-0.2, 0) is 16.1 Å². The second kappa shape index (κ2) is 4.10. The summed E-state index contributed by atoms with van der Waals surface area (Å²) in [4.78, 5) is 26.8. The van der Waals surface area contributed by atoms with Crippen molar-refractivity contribution in [3.63, 3.8) is 0 Å². The maximum Gasteiger partial charge on any atom is 0.307 e. The van der Waals surface area contributed by atoms with E-state index in [-0.39, 0.29) is 5.91 Å². The predicted molar refractivity (Wildman–Crippen MR) is 62.4 cm³/mol. The largest absolute Gasteiger partial charge is 0.481 e. The monoisotopic (exact) mass is 254 g/mol. The molecule has 1 fully saturated rings. The van der Waals surface area contributed by atoms with E-state index in [1.807, 2.05) is 5.38 Å². The van der Waals surface area contributed by atoms with Gasteiger partial charge in [-0.25, -0.2) is 4.98 Å². The van der Waals surface area contributed by atoms with Gasteiger partial charge in [-0.05, 0) is 5.41 Å². The molecule has 2 N–H and O–H groups in total. The van der Waals surface area contributed by atoms with Gasteiger partial charge in [-0.3, -0.25) is 9.59 Å². The number of carbonyl (C=O) groups excluding carboxylic acids is 1. The van der Waals surface area contributed by atoms with Crippen molar-refractivity contribution in [1.82, 2.24) is 10.3 Å². The van der Waals surface area contributed by atoms with Crippen LogP contribution in [0.4, 0.5) is 0 Å². The third-order valence-corrected chi connectivity index (χ3v) is 4.05. The van der Waals surface area contributed by atoms with Gasteiger partial charge in [0.05, 0.1) is 18.4 Å². The minimum absolute atomic E-state index is 0.197. The highest BCUT2D eigenvalue weighted by Crippen LogP contribution is 2.58. The Labute approximate surface area is 103 Å². The van der Waals surface area contributed by atoms with Crippen molar-refractivity contribution in [2.75, 3.05) is 0 Å². The molecule has 92 valence electrons. The molecule has 2 atom stereocenters. The number of nitrogens with one attached hydrogen (secondary N) is 1. The maximum absolute atomic E-state index is 11.8. The second-order valence-corrected chi connectivity index (χ2v) is 5.74. The number of carbonyl (C=O) groups is 2. The molecule has 0 bridgehead atoms. The summed E-state index contributed by atoms with van der Waals surface area (Å²) < 4.78 is 0. The fourth-order valence-corrected chi connectivity index (χ4v) is 2.76. The number of hydrogen-bond acceptors (Lipinski definition) is 4. The van der Waals surface area contributed by atoms with Gasteiger partial charge >= 0.3 is 5.97 Å². The minimum Gasteiger partial charge on any atom is -0.481 e.